The molecule has 1 heterocycles. The highest BCUT2D eigenvalue weighted by Gasteiger charge is 2.19. The topological polar surface area (TPSA) is 98.0 Å². The highest BCUT2D eigenvalue weighted by Crippen LogP contribution is 2.26. The lowest BCUT2D eigenvalue weighted by atomic mass is 10.2. The number of nitrogen functional groups attached to an aromatic ring is 1. The van der Waals surface area contributed by atoms with Crippen molar-refractivity contribution in [3.05, 3.63) is 46.5 Å². The summed E-state index contributed by atoms with van der Waals surface area (Å²) in [6, 6.07) is 4.83. The van der Waals surface area contributed by atoms with Crippen LogP contribution in [0, 0.1) is 6.92 Å². The van der Waals surface area contributed by atoms with Crippen molar-refractivity contribution < 1.29 is 8.42 Å². The monoisotopic (exact) mass is 356 g/mol. The van der Waals surface area contributed by atoms with Crippen LogP contribution in [0.1, 0.15) is 11.3 Å². The predicted octanol–water partition coefficient (Wildman–Crippen LogP) is 1.61. The number of benzene rings is 1. The molecule has 8 heteroatoms. The van der Waals surface area contributed by atoms with Gasteiger partial charge in [-0.2, -0.15) is 0 Å². The zero-order valence-electron chi connectivity index (χ0n) is 10.7. The Hall–Kier alpha value is -1.51. The van der Waals surface area contributed by atoms with Crippen molar-refractivity contribution in [2.75, 3.05) is 5.73 Å². The first-order valence-corrected chi connectivity index (χ1v) is 7.98. The van der Waals surface area contributed by atoms with Crippen LogP contribution in [0.4, 0.5) is 5.69 Å². The number of rotatable bonds is 4. The fraction of sp³-hybridized carbons (Fsp3) is 0.167. The van der Waals surface area contributed by atoms with Gasteiger partial charge in [0, 0.05) is 16.4 Å². The van der Waals surface area contributed by atoms with E-state index < -0.39 is 10.0 Å². The van der Waals surface area contributed by atoms with Crippen molar-refractivity contribution in [3.63, 3.8) is 0 Å². The zero-order valence-corrected chi connectivity index (χ0v) is 13.1. The number of nitrogens with one attached hydrogen (secondary N) is 1. The van der Waals surface area contributed by atoms with Crippen LogP contribution in [0.3, 0.4) is 0 Å². The molecule has 106 valence electrons. The number of nitrogens with two attached hydrogens (primary N) is 1. The molecule has 2 rings (SSSR count). The van der Waals surface area contributed by atoms with Gasteiger partial charge in [0.15, 0.2) is 0 Å². The smallest absolute Gasteiger partial charge is 0.241 e. The summed E-state index contributed by atoms with van der Waals surface area (Å²) in [5.41, 5.74) is 7.31. The van der Waals surface area contributed by atoms with Crippen molar-refractivity contribution in [2.45, 2.75) is 18.4 Å². The summed E-state index contributed by atoms with van der Waals surface area (Å²) in [7, 11) is -3.65. The Morgan fingerprint density at radius 1 is 1.40 bits per heavy atom. The molecule has 2 aromatic rings. The van der Waals surface area contributed by atoms with E-state index in [1.165, 1.54) is 12.4 Å². The molecule has 0 aliphatic heterocycles. The summed E-state index contributed by atoms with van der Waals surface area (Å²) in [5.74, 6) is 0. The van der Waals surface area contributed by atoms with Crippen LogP contribution in [0.2, 0.25) is 0 Å². The Balaban J connectivity index is 2.27. The van der Waals surface area contributed by atoms with Crippen molar-refractivity contribution >= 4 is 31.6 Å². The maximum absolute atomic E-state index is 12.3. The SMILES string of the molecule is Cc1c(N)cc(Br)cc1S(=O)(=O)NCc1ccncn1. The molecule has 0 bridgehead atoms. The van der Waals surface area contributed by atoms with Gasteiger partial charge in [-0.3, -0.25) is 0 Å². The maximum Gasteiger partial charge on any atom is 0.241 e. The van der Waals surface area contributed by atoms with Crippen LogP contribution in [0.5, 0.6) is 0 Å². The van der Waals surface area contributed by atoms with Crippen molar-refractivity contribution in [2.24, 2.45) is 0 Å². The fourth-order valence-electron chi connectivity index (χ4n) is 1.62. The number of sulfonamides is 1. The molecule has 0 spiro atoms. The third-order valence-electron chi connectivity index (χ3n) is 2.74. The van der Waals surface area contributed by atoms with Gasteiger partial charge >= 0.3 is 0 Å². The Morgan fingerprint density at radius 2 is 2.15 bits per heavy atom. The lowest BCUT2D eigenvalue weighted by Gasteiger charge is -2.11. The standard InChI is InChI=1S/C12H13BrN4O2S/c1-8-11(14)4-9(13)5-12(8)20(18,19)17-6-10-2-3-15-7-16-10/h2-5,7,17H,6,14H2,1H3. The summed E-state index contributed by atoms with van der Waals surface area (Å²) in [6.07, 6.45) is 2.92. The van der Waals surface area contributed by atoms with Gasteiger partial charge in [0.2, 0.25) is 10.0 Å². The average molecular weight is 357 g/mol. The zero-order chi connectivity index (χ0) is 14.8. The molecular weight excluding hydrogens is 344 g/mol. The Kier molecular flexibility index (Phi) is 4.36. The lowest BCUT2D eigenvalue weighted by molar-refractivity contribution is 0.579. The van der Waals surface area contributed by atoms with E-state index in [1.807, 2.05) is 0 Å². The van der Waals surface area contributed by atoms with Gasteiger partial charge in [0.1, 0.15) is 6.33 Å². The minimum absolute atomic E-state index is 0.0940. The molecule has 3 N–H and O–H groups in total. The molecule has 0 unspecified atom stereocenters. The van der Waals surface area contributed by atoms with Gasteiger partial charge < -0.3 is 5.73 Å². The maximum atomic E-state index is 12.3. The van der Waals surface area contributed by atoms with Crippen LogP contribution in [0.15, 0.2) is 40.1 Å². The summed E-state index contributed by atoms with van der Waals surface area (Å²) < 4.78 is 27.7. The quantitative estimate of drug-likeness (QED) is 0.810. The second kappa shape index (κ2) is 5.86. The first-order valence-electron chi connectivity index (χ1n) is 5.70. The van der Waals surface area contributed by atoms with E-state index in [9.17, 15) is 8.42 Å². The molecule has 0 saturated carbocycles. The third kappa shape index (κ3) is 3.33. The van der Waals surface area contributed by atoms with E-state index in [2.05, 4.69) is 30.6 Å². The number of anilines is 1. The molecule has 0 aliphatic carbocycles. The average Bonchev–Trinajstić information content (AvgIpc) is 2.42. The van der Waals surface area contributed by atoms with Crippen LogP contribution < -0.4 is 10.5 Å². The van der Waals surface area contributed by atoms with Gasteiger partial charge in [-0.15, -0.1) is 0 Å². The van der Waals surface area contributed by atoms with E-state index in [1.54, 1.807) is 25.3 Å². The van der Waals surface area contributed by atoms with Crippen molar-refractivity contribution in [1.29, 1.82) is 0 Å². The highest BCUT2D eigenvalue weighted by atomic mass is 79.9. The normalized spacial score (nSPS) is 11.5. The number of nitrogens with zero attached hydrogens (tertiary/aromatic N) is 2. The van der Waals surface area contributed by atoms with Gasteiger partial charge in [-0.1, -0.05) is 15.9 Å². The Bertz CT molecular complexity index is 720. The molecule has 0 amide bonds. The minimum Gasteiger partial charge on any atom is -0.398 e. The Labute approximate surface area is 125 Å². The summed E-state index contributed by atoms with van der Waals surface area (Å²) >= 11 is 3.24. The summed E-state index contributed by atoms with van der Waals surface area (Å²) in [4.78, 5) is 7.89. The molecular formula is C12H13BrN4O2S. The van der Waals surface area contributed by atoms with E-state index in [0.717, 1.165) is 0 Å². The van der Waals surface area contributed by atoms with Crippen LogP contribution in [-0.2, 0) is 16.6 Å². The minimum atomic E-state index is -3.65. The summed E-state index contributed by atoms with van der Waals surface area (Å²) in [5, 5.41) is 0. The number of halogens is 1. The summed E-state index contributed by atoms with van der Waals surface area (Å²) in [6.45, 7) is 1.76. The number of aromatic nitrogens is 2. The molecule has 0 fully saturated rings. The molecule has 6 nitrogen and oxygen atoms in total. The largest absolute Gasteiger partial charge is 0.398 e. The first kappa shape index (κ1) is 14.9. The number of hydrogen-bond donors (Lipinski definition) is 2. The predicted molar refractivity (Wildman–Crippen MR) is 79.3 cm³/mol. The molecule has 1 aromatic heterocycles. The second-order valence-electron chi connectivity index (χ2n) is 4.14. The van der Waals surface area contributed by atoms with Crippen LogP contribution in [-0.4, -0.2) is 18.4 Å². The molecule has 0 saturated heterocycles. The molecule has 1 aromatic carbocycles. The van der Waals surface area contributed by atoms with Gasteiger partial charge in [0.05, 0.1) is 17.1 Å². The van der Waals surface area contributed by atoms with Gasteiger partial charge in [-0.05, 0) is 30.7 Å². The third-order valence-corrected chi connectivity index (χ3v) is 4.73. The molecule has 0 aliphatic rings. The van der Waals surface area contributed by atoms with E-state index in [4.69, 9.17) is 5.73 Å². The van der Waals surface area contributed by atoms with Crippen molar-refractivity contribution in [3.8, 4) is 0 Å². The molecule has 20 heavy (non-hydrogen) atoms. The van der Waals surface area contributed by atoms with E-state index in [0.29, 0.717) is 21.4 Å². The van der Waals surface area contributed by atoms with Gasteiger partial charge in [-0.25, -0.2) is 23.1 Å². The van der Waals surface area contributed by atoms with Crippen LogP contribution in [0.25, 0.3) is 0 Å². The fourth-order valence-corrected chi connectivity index (χ4v) is 3.55. The van der Waals surface area contributed by atoms with Crippen LogP contribution >= 0.6 is 15.9 Å². The molecule has 0 radical (unpaired) electrons. The van der Waals surface area contributed by atoms with E-state index in [-0.39, 0.29) is 11.4 Å². The Morgan fingerprint density at radius 3 is 2.80 bits per heavy atom. The lowest BCUT2D eigenvalue weighted by Crippen LogP contribution is -2.24. The highest BCUT2D eigenvalue weighted by molar-refractivity contribution is 9.10. The second-order valence-corrected chi connectivity index (χ2v) is 6.79. The van der Waals surface area contributed by atoms with Crippen molar-refractivity contribution in [1.82, 2.24) is 14.7 Å². The first-order chi connectivity index (χ1) is 9.40. The van der Waals surface area contributed by atoms with E-state index >= 15 is 0 Å². The molecule has 0 atom stereocenters. The van der Waals surface area contributed by atoms with Gasteiger partial charge in [0.25, 0.3) is 0 Å². The number of hydrogen-bond acceptors (Lipinski definition) is 5.